The number of nitrogens with zero attached hydrogens (tertiary/aromatic N) is 2. The van der Waals surface area contributed by atoms with Crippen molar-refractivity contribution in [1.82, 2.24) is 0 Å². The average molecular weight is 352 g/mol. The Morgan fingerprint density at radius 2 is 1.08 bits per heavy atom. The van der Waals surface area contributed by atoms with Gasteiger partial charge in [-0.05, 0) is 38.1 Å². The first-order valence-corrected chi connectivity index (χ1v) is 7.84. The molecule has 4 N–H and O–H groups in total. The molecule has 0 radical (unpaired) electrons. The van der Waals surface area contributed by atoms with E-state index in [1.54, 1.807) is 60.7 Å². The molecule has 0 atom stereocenters. The van der Waals surface area contributed by atoms with Crippen LogP contribution in [0.5, 0.6) is 0 Å². The fraction of sp³-hybridized carbons (Fsp3) is 0.105. The summed E-state index contributed by atoms with van der Waals surface area (Å²) in [4.78, 5) is 37.4. The van der Waals surface area contributed by atoms with Crippen molar-refractivity contribution in [3.05, 3.63) is 71.8 Å². The van der Waals surface area contributed by atoms with Crippen LogP contribution in [0.25, 0.3) is 0 Å². The van der Waals surface area contributed by atoms with Crippen LogP contribution in [0.3, 0.4) is 0 Å². The van der Waals surface area contributed by atoms with E-state index in [1.807, 2.05) is 0 Å². The van der Waals surface area contributed by atoms with Gasteiger partial charge in [0.25, 0.3) is 11.8 Å². The molecule has 26 heavy (non-hydrogen) atoms. The van der Waals surface area contributed by atoms with E-state index >= 15 is 0 Å². The zero-order chi connectivity index (χ0) is 19.3. The molecule has 0 aliphatic carbocycles. The normalized spacial score (nSPS) is 11.4. The minimum atomic E-state index is -0.781. The van der Waals surface area contributed by atoms with E-state index < -0.39 is 17.6 Å². The lowest BCUT2D eigenvalue weighted by Crippen LogP contribution is -2.43. The number of benzene rings is 2. The molecule has 0 aromatic heterocycles. The number of para-hydroxylation sites is 2. The standard InChI is InChI=1S/C19H20N4O3/c1-13(18(25)22(20)15-9-5-3-6-10-15)17(14(2)24)19(26)23(21)16-11-7-4-8-12-16/h3-12H,20-21H2,1-2H3/b17-13-. The van der Waals surface area contributed by atoms with Crippen molar-refractivity contribution in [3.63, 3.8) is 0 Å². The summed E-state index contributed by atoms with van der Waals surface area (Å²) in [5, 5.41) is 1.71. The van der Waals surface area contributed by atoms with Gasteiger partial charge in [0.1, 0.15) is 0 Å². The fourth-order valence-corrected chi connectivity index (χ4v) is 2.39. The number of Topliss-reactive ketones (excluding diaryl/α,β-unsaturated/α-hetero) is 1. The average Bonchev–Trinajstić information content (AvgIpc) is 2.67. The van der Waals surface area contributed by atoms with Crippen molar-refractivity contribution >= 4 is 29.0 Å². The Hall–Kier alpha value is -3.29. The number of carbonyl (C=O) groups is 3. The number of hydrogen-bond acceptors (Lipinski definition) is 5. The van der Waals surface area contributed by atoms with Gasteiger partial charge in [-0.2, -0.15) is 0 Å². The molecule has 0 aliphatic heterocycles. The molecule has 0 saturated carbocycles. The third-order valence-electron chi connectivity index (χ3n) is 3.77. The molecular formula is C19H20N4O3. The number of nitrogens with two attached hydrogens (primary N) is 2. The highest BCUT2D eigenvalue weighted by molar-refractivity contribution is 6.27. The zero-order valence-corrected chi connectivity index (χ0v) is 14.5. The first-order valence-electron chi connectivity index (χ1n) is 7.84. The van der Waals surface area contributed by atoms with Gasteiger partial charge in [-0.25, -0.2) is 21.7 Å². The van der Waals surface area contributed by atoms with Crippen molar-refractivity contribution < 1.29 is 14.4 Å². The lowest BCUT2D eigenvalue weighted by Gasteiger charge is -2.21. The molecule has 7 nitrogen and oxygen atoms in total. The number of ketones is 1. The van der Waals surface area contributed by atoms with Crippen molar-refractivity contribution in [3.8, 4) is 0 Å². The van der Waals surface area contributed by atoms with Crippen LogP contribution >= 0.6 is 0 Å². The topological polar surface area (TPSA) is 110 Å². The van der Waals surface area contributed by atoms with Crippen molar-refractivity contribution in [2.24, 2.45) is 11.7 Å². The van der Waals surface area contributed by atoms with Crippen molar-refractivity contribution in [2.75, 3.05) is 10.0 Å². The second-order valence-electron chi connectivity index (χ2n) is 5.58. The number of carbonyl (C=O) groups excluding carboxylic acids is 3. The van der Waals surface area contributed by atoms with Gasteiger partial charge in [-0.15, -0.1) is 0 Å². The fourth-order valence-electron chi connectivity index (χ4n) is 2.39. The maximum Gasteiger partial charge on any atom is 0.276 e. The van der Waals surface area contributed by atoms with E-state index in [9.17, 15) is 14.4 Å². The quantitative estimate of drug-likeness (QED) is 0.213. The predicted molar refractivity (Wildman–Crippen MR) is 99.6 cm³/mol. The van der Waals surface area contributed by atoms with Crippen LogP contribution in [0.4, 0.5) is 11.4 Å². The van der Waals surface area contributed by atoms with Crippen LogP contribution < -0.4 is 21.7 Å². The maximum atomic E-state index is 12.7. The van der Waals surface area contributed by atoms with E-state index in [0.717, 1.165) is 10.0 Å². The Bertz CT molecular complexity index is 848. The summed E-state index contributed by atoms with van der Waals surface area (Å²) >= 11 is 0. The van der Waals surface area contributed by atoms with E-state index in [0.29, 0.717) is 11.4 Å². The second kappa shape index (κ2) is 8.19. The molecule has 0 heterocycles. The number of rotatable bonds is 5. The number of amides is 2. The van der Waals surface area contributed by atoms with Crippen LogP contribution in [0.2, 0.25) is 0 Å². The van der Waals surface area contributed by atoms with Gasteiger partial charge in [-0.3, -0.25) is 14.4 Å². The lowest BCUT2D eigenvalue weighted by atomic mass is 10.0. The zero-order valence-electron chi connectivity index (χ0n) is 14.5. The summed E-state index contributed by atoms with van der Waals surface area (Å²) < 4.78 is 0. The van der Waals surface area contributed by atoms with Crippen molar-refractivity contribution in [1.29, 1.82) is 0 Å². The molecule has 2 amide bonds. The Balaban J connectivity index is 2.39. The van der Waals surface area contributed by atoms with Crippen LogP contribution in [-0.4, -0.2) is 17.6 Å². The highest BCUT2D eigenvalue weighted by atomic mass is 16.2. The smallest absolute Gasteiger partial charge is 0.276 e. The minimum absolute atomic E-state index is 0.0831. The van der Waals surface area contributed by atoms with Gasteiger partial charge in [0.05, 0.1) is 16.9 Å². The largest absolute Gasteiger partial charge is 0.294 e. The number of anilines is 2. The maximum absolute atomic E-state index is 12.7. The molecule has 0 fully saturated rings. The summed E-state index contributed by atoms with van der Waals surface area (Å²) in [6.07, 6.45) is 0. The number of hydrogen-bond donors (Lipinski definition) is 2. The molecule has 0 saturated heterocycles. The highest BCUT2D eigenvalue weighted by Gasteiger charge is 2.27. The summed E-state index contributed by atoms with van der Waals surface area (Å²) in [5.74, 6) is 9.66. The molecule has 0 aliphatic rings. The Morgan fingerprint density at radius 1 is 0.692 bits per heavy atom. The molecule has 2 aromatic rings. The molecule has 0 unspecified atom stereocenters. The molecular weight excluding hydrogens is 332 g/mol. The minimum Gasteiger partial charge on any atom is -0.294 e. The summed E-state index contributed by atoms with van der Waals surface area (Å²) in [6, 6.07) is 16.9. The summed E-state index contributed by atoms with van der Waals surface area (Å²) in [6.45, 7) is 2.57. The molecule has 0 bridgehead atoms. The highest BCUT2D eigenvalue weighted by Crippen LogP contribution is 2.18. The summed E-state index contributed by atoms with van der Waals surface area (Å²) in [5.41, 5.74) is 0.428. The van der Waals surface area contributed by atoms with E-state index in [4.69, 9.17) is 11.7 Å². The van der Waals surface area contributed by atoms with Crippen LogP contribution in [-0.2, 0) is 14.4 Å². The van der Waals surface area contributed by atoms with E-state index in [2.05, 4.69) is 0 Å². The SMILES string of the molecule is CC(=O)/C(C(=O)N(N)c1ccccc1)=C(\C)C(=O)N(N)c1ccccc1. The molecule has 134 valence electrons. The van der Waals surface area contributed by atoms with Crippen LogP contribution in [0, 0.1) is 0 Å². The first kappa shape index (κ1) is 19.0. The van der Waals surface area contributed by atoms with Gasteiger partial charge in [0, 0.05) is 5.57 Å². The third-order valence-corrected chi connectivity index (χ3v) is 3.77. The Labute approximate surface area is 151 Å². The lowest BCUT2D eigenvalue weighted by molar-refractivity contribution is -0.122. The van der Waals surface area contributed by atoms with Gasteiger partial charge in [0.2, 0.25) is 0 Å². The molecule has 2 aromatic carbocycles. The predicted octanol–water partition coefficient (Wildman–Crippen LogP) is 1.71. The summed E-state index contributed by atoms with van der Waals surface area (Å²) in [7, 11) is 0. The van der Waals surface area contributed by atoms with Gasteiger partial charge < -0.3 is 0 Å². The first-order chi connectivity index (χ1) is 12.3. The van der Waals surface area contributed by atoms with Crippen LogP contribution in [0.15, 0.2) is 71.8 Å². The Kier molecular flexibility index (Phi) is 6.00. The van der Waals surface area contributed by atoms with Crippen LogP contribution in [0.1, 0.15) is 13.8 Å². The van der Waals surface area contributed by atoms with Gasteiger partial charge >= 0.3 is 0 Å². The van der Waals surface area contributed by atoms with E-state index in [1.165, 1.54) is 13.8 Å². The second-order valence-corrected chi connectivity index (χ2v) is 5.58. The van der Waals surface area contributed by atoms with E-state index in [-0.39, 0.29) is 11.1 Å². The van der Waals surface area contributed by atoms with Gasteiger partial charge in [0.15, 0.2) is 5.78 Å². The van der Waals surface area contributed by atoms with Crippen molar-refractivity contribution in [2.45, 2.75) is 13.8 Å². The molecule has 7 heteroatoms. The number of hydrazine groups is 2. The molecule has 0 spiro atoms. The van der Waals surface area contributed by atoms with Gasteiger partial charge in [-0.1, -0.05) is 36.4 Å². The molecule has 2 rings (SSSR count). The Morgan fingerprint density at radius 3 is 1.46 bits per heavy atom. The monoisotopic (exact) mass is 352 g/mol. The third kappa shape index (κ3) is 4.02.